The maximum Gasteiger partial charge on any atom is 1.00 e. The number of hydrogen-bond donors (Lipinski definition) is 0. The van der Waals surface area contributed by atoms with Crippen LogP contribution in [0.25, 0.3) is 0 Å². The molecule has 0 aliphatic heterocycles. The number of aromatic nitrogens is 2. The fourth-order valence-corrected chi connectivity index (χ4v) is 1.32. The zero-order valence-electron chi connectivity index (χ0n) is 7.96. The summed E-state index contributed by atoms with van der Waals surface area (Å²) >= 11 is 0. The van der Waals surface area contributed by atoms with Gasteiger partial charge in [0.2, 0.25) is 0 Å². The van der Waals surface area contributed by atoms with Crippen LogP contribution in [0.4, 0.5) is 12.9 Å². The summed E-state index contributed by atoms with van der Waals surface area (Å²) in [7, 11) is 0. The molecule has 0 bridgehead atoms. The summed E-state index contributed by atoms with van der Waals surface area (Å²) in [5, 5.41) is 3.68. The van der Waals surface area contributed by atoms with Crippen LogP contribution in [-0.2, 0) is 6.54 Å². The van der Waals surface area contributed by atoms with Gasteiger partial charge < -0.3 is 12.9 Å². The third-order valence-electron chi connectivity index (χ3n) is 2.21. The van der Waals surface area contributed by atoms with Crippen molar-refractivity contribution in [1.82, 2.24) is 9.78 Å². The summed E-state index contributed by atoms with van der Waals surface area (Å²) in [6.07, 6.45) is 3.28. The van der Waals surface area contributed by atoms with Gasteiger partial charge in [-0.25, -0.2) is 0 Å². The first kappa shape index (κ1) is 12.8. The molecule has 0 atom stereocenters. The number of halogens is 3. The van der Waals surface area contributed by atoms with E-state index < -0.39 is 12.6 Å². The topological polar surface area (TPSA) is 17.8 Å². The number of hydrogen-bond acceptors (Lipinski definition) is 1. The monoisotopic (exact) mass is 228 g/mol. The largest absolute Gasteiger partial charge is 1.00 e. The standard InChI is InChI=1S/C7H9BF3N2.K/c9-8(10,11)7-3-4-12-13(7)5-6-1-2-6;/h3-4,6H,1-2,5H2;/q-1;+1. The molecule has 72 valence electrons. The molecule has 0 spiro atoms. The Morgan fingerprint density at radius 2 is 2.07 bits per heavy atom. The Balaban J connectivity index is 0.000000980. The van der Waals surface area contributed by atoms with Gasteiger partial charge >= 0.3 is 58.4 Å². The van der Waals surface area contributed by atoms with Crippen molar-refractivity contribution in [3.05, 3.63) is 12.3 Å². The first-order valence-electron chi connectivity index (χ1n) is 4.29. The maximum absolute atomic E-state index is 12.4. The second-order valence-corrected chi connectivity index (χ2v) is 3.46. The first-order chi connectivity index (χ1) is 6.07. The molecular weight excluding hydrogens is 219 g/mol. The van der Waals surface area contributed by atoms with E-state index in [2.05, 4.69) is 5.10 Å². The summed E-state index contributed by atoms with van der Waals surface area (Å²) < 4.78 is 38.1. The molecule has 1 aromatic rings. The van der Waals surface area contributed by atoms with Crippen molar-refractivity contribution in [2.24, 2.45) is 5.92 Å². The van der Waals surface area contributed by atoms with Crippen LogP contribution < -0.4 is 57.0 Å². The second kappa shape index (κ2) is 4.69. The quantitative estimate of drug-likeness (QED) is 0.567. The molecule has 0 amide bonds. The molecule has 0 unspecified atom stereocenters. The Bertz CT molecular complexity index is 308. The molecule has 0 aromatic carbocycles. The predicted molar refractivity (Wildman–Crippen MR) is 43.7 cm³/mol. The third kappa shape index (κ3) is 3.10. The van der Waals surface area contributed by atoms with E-state index in [-0.39, 0.29) is 51.4 Å². The molecule has 1 heterocycles. The van der Waals surface area contributed by atoms with E-state index in [4.69, 9.17) is 0 Å². The van der Waals surface area contributed by atoms with Crippen LogP contribution in [0, 0.1) is 5.92 Å². The molecule has 1 fully saturated rings. The van der Waals surface area contributed by atoms with E-state index in [1.165, 1.54) is 6.20 Å². The third-order valence-corrected chi connectivity index (χ3v) is 2.21. The van der Waals surface area contributed by atoms with Crippen molar-refractivity contribution in [2.75, 3.05) is 0 Å². The Morgan fingerprint density at radius 3 is 2.57 bits per heavy atom. The normalized spacial score (nSPS) is 16.5. The van der Waals surface area contributed by atoms with Gasteiger partial charge in [0.15, 0.2) is 0 Å². The van der Waals surface area contributed by atoms with Crippen LogP contribution in [0.3, 0.4) is 0 Å². The molecule has 2 rings (SSSR count). The van der Waals surface area contributed by atoms with Crippen molar-refractivity contribution < 1.29 is 64.3 Å². The van der Waals surface area contributed by atoms with Crippen molar-refractivity contribution in [3.63, 3.8) is 0 Å². The summed E-state index contributed by atoms with van der Waals surface area (Å²) in [6, 6.07) is 1.04. The average molecular weight is 228 g/mol. The number of nitrogens with zero attached hydrogens (tertiary/aromatic N) is 2. The summed E-state index contributed by atoms with van der Waals surface area (Å²) in [6.45, 7) is -4.48. The molecule has 2 nitrogen and oxygen atoms in total. The molecule has 0 N–H and O–H groups in total. The van der Waals surface area contributed by atoms with Crippen molar-refractivity contribution in [3.8, 4) is 0 Å². The van der Waals surface area contributed by atoms with Gasteiger partial charge in [0.1, 0.15) is 0 Å². The number of rotatable bonds is 3. The predicted octanol–water partition coefficient (Wildman–Crippen LogP) is -1.65. The Labute approximate surface area is 123 Å². The molecular formula is C7H9BF3KN2. The zero-order chi connectivity index (χ0) is 9.47. The smallest absolute Gasteiger partial charge is 0.444 e. The minimum absolute atomic E-state index is 0. The van der Waals surface area contributed by atoms with E-state index in [1.807, 2.05) is 0 Å². The minimum atomic E-state index is -4.90. The van der Waals surface area contributed by atoms with Crippen LogP contribution >= 0.6 is 0 Å². The fraction of sp³-hybridized carbons (Fsp3) is 0.571. The van der Waals surface area contributed by atoms with E-state index in [0.29, 0.717) is 12.5 Å². The zero-order valence-corrected chi connectivity index (χ0v) is 11.1. The van der Waals surface area contributed by atoms with Crippen LogP contribution in [-0.4, -0.2) is 16.8 Å². The minimum Gasteiger partial charge on any atom is -0.444 e. The maximum atomic E-state index is 12.4. The van der Waals surface area contributed by atoms with Gasteiger partial charge in [-0.05, 0) is 24.4 Å². The molecule has 1 aromatic heterocycles. The first-order valence-corrected chi connectivity index (χ1v) is 4.29. The molecule has 1 aliphatic carbocycles. The van der Waals surface area contributed by atoms with Crippen LogP contribution in [0.15, 0.2) is 12.3 Å². The molecule has 14 heavy (non-hydrogen) atoms. The molecule has 0 saturated heterocycles. The Morgan fingerprint density at radius 1 is 1.43 bits per heavy atom. The molecule has 1 saturated carbocycles. The van der Waals surface area contributed by atoms with E-state index in [1.54, 1.807) is 0 Å². The molecule has 7 heteroatoms. The van der Waals surface area contributed by atoms with Gasteiger partial charge in [0.05, 0.1) is 0 Å². The Kier molecular flexibility index (Phi) is 4.28. The van der Waals surface area contributed by atoms with Crippen molar-refractivity contribution in [1.29, 1.82) is 0 Å². The Hall–Kier alpha value is 0.701. The van der Waals surface area contributed by atoms with Crippen LogP contribution in [0.1, 0.15) is 12.8 Å². The van der Waals surface area contributed by atoms with Gasteiger partial charge in [0.25, 0.3) is 0 Å². The summed E-state index contributed by atoms with van der Waals surface area (Å²) in [4.78, 5) is 0. The van der Waals surface area contributed by atoms with Crippen molar-refractivity contribution >= 4 is 12.6 Å². The van der Waals surface area contributed by atoms with Crippen LogP contribution in [0.5, 0.6) is 0 Å². The van der Waals surface area contributed by atoms with E-state index in [0.717, 1.165) is 23.6 Å². The van der Waals surface area contributed by atoms with E-state index >= 15 is 0 Å². The summed E-state index contributed by atoms with van der Waals surface area (Å²) in [5.74, 6) is 0.414. The van der Waals surface area contributed by atoms with Gasteiger partial charge in [0, 0.05) is 12.7 Å². The van der Waals surface area contributed by atoms with Crippen molar-refractivity contribution in [2.45, 2.75) is 19.4 Å². The van der Waals surface area contributed by atoms with Gasteiger partial charge in [-0.15, -0.1) is 0 Å². The SMILES string of the molecule is F[B-](F)(F)c1ccnn1CC1CC1.[K+]. The molecule has 1 aliphatic rings. The fourth-order valence-electron chi connectivity index (χ4n) is 1.32. The van der Waals surface area contributed by atoms with Gasteiger partial charge in [-0.2, -0.15) is 5.10 Å². The van der Waals surface area contributed by atoms with Gasteiger partial charge in [-0.1, -0.05) is 6.07 Å². The average Bonchev–Trinajstić information content (AvgIpc) is 2.63. The van der Waals surface area contributed by atoms with Gasteiger partial charge in [-0.3, -0.25) is 4.68 Å². The van der Waals surface area contributed by atoms with E-state index in [9.17, 15) is 12.9 Å². The second-order valence-electron chi connectivity index (χ2n) is 3.46. The van der Waals surface area contributed by atoms with Crippen LogP contribution in [0.2, 0.25) is 0 Å². The summed E-state index contributed by atoms with van der Waals surface area (Å²) in [5.41, 5.74) is -0.577. The molecule has 0 radical (unpaired) electrons.